The number of nitrogens with zero attached hydrogens (tertiary/aromatic N) is 2. The average Bonchev–Trinajstić information content (AvgIpc) is 2.92. The number of aryl methyl sites for hydroxylation is 2. The Morgan fingerprint density at radius 3 is 2.12 bits per heavy atom. The second kappa shape index (κ2) is 15.6. The third-order valence-corrected chi connectivity index (χ3v) is 8.87. The standard InChI is InChI=1S/C33H41Cl2N3O4S/c1-23(2)21-36-33(40)31(20-26-10-7-6-8-11-26)37(22-27-13-14-29(34)30(35)19-27)32(39)12-9-15-38(43(5,41)42)28-17-24(3)16-25(4)18-28/h6-8,10-11,13-14,16-19,23,31H,9,12,15,20-22H2,1-5H3,(H,36,40). The van der Waals surface area contributed by atoms with Gasteiger partial charge in [-0.2, -0.15) is 0 Å². The van der Waals surface area contributed by atoms with Gasteiger partial charge in [-0.05, 0) is 72.7 Å². The Labute approximate surface area is 266 Å². The van der Waals surface area contributed by atoms with E-state index in [4.69, 9.17) is 23.2 Å². The van der Waals surface area contributed by atoms with Crippen molar-refractivity contribution in [3.05, 3.63) is 99.0 Å². The van der Waals surface area contributed by atoms with E-state index in [1.807, 2.05) is 76.2 Å². The van der Waals surface area contributed by atoms with Gasteiger partial charge in [0, 0.05) is 32.5 Å². The molecule has 0 fully saturated rings. The van der Waals surface area contributed by atoms with Gasteiger partial charge >= 0.3 is 0 Å². The van der Waals surface area contributed by atoms with E-state index in [2.05, 4.69) is 5.32 Å². The highest BCUT2D eigenvalue weighted by Gasteiger charge is 2.31. The van der Waals surface area contributed by atoms with Crippen molar-refractivity contribution in [1.82, 2.24) is 10.2 Å². The van der Waals surface area contributed by atoms with Crippen molar-refractivity contribution in [3.8, 4) is 0 Å². The van der Waals surface area contributed by atoms with Crippen LogP contribution in [0.4, 0.5) is 5.69 Å². The van der Waals surface area contributed by atoms with Gasteiger partial charge in [0.05, 0.1) is 22.0 Å². The minimum Gasteiger partial charge on any atom is -0.354 e. The molecule has 0 spiro atoms. The molecule has 0 bridgehead atoms. The number of halogens is 2. The van der Waals surface area contributed by atoms with Crippen molar-refractivity contribution in [2.24, 2.45) is 5.92 Å². The Balaban J connectivity index is 1.91. The summed E-state index contributed by atoms with van der Waals surface area (Å²) in [7, 11) is -3.60. The quantitative estimate of drug-likeness (QED) is 0.215. The molecule has 0 radical (unpaired) electrons. The van der Waals surface area contributed by atoms with Crippen LogP contribution in [-0.4, -0.2) is 50.5 Å². The molecule has 2 amide bonds. The van der Waals surface area contributed by atoms with Crippen molar-refractivity contribution >= 4 is 50.7 Å². The molecule has 0 saturated heterocycles. The SMILES string of the molecule is Cc1cc(C)cc(N(CCCC(=O)N(Cc2ccc(Cl)c(Cl)c2)C(Cc2ccccc2)C(=O)NCC(C)C)S(C)(=O)=O)c1. The maximum atomic E-state index is 14.0. The average molecular weight is 647 g/mol. The topological polar surface area (TPSA) is 86.8 Å². The number of anilines is 1. The molecule has 3 aromatic rings. The fraction of sp³-hybridized carbons (Fsp3) is 0.394. The summed E-state index contributed by atoms with van der Waals surface area (Å²) in [6.07, 6.45) is 1.79. The van der Waals surface area contributed by atoms with Crippen LogP contribution in [0.25, 0.3) is 0 Å². The molecule has 0 saturated carbocycles. The van der Waals surface area contributed by atoms with Gasteiger partial charge in [-0.15, -0.1) is 0 Å². The van der Waals surface area contributed by atoms with Crippen molar-refractivity contribution < 1.29 is 18.0 Å². The van der Waals surface area contributed by atoms with Crippen LogP contribution in [0.3, 0.4) is 0 Å². The molecule has 3 aromatic carbocycles. The molecule has 7 nitrogen and oxygen atoms in total. The lowest BCUT2D eigenvalue weighted by Gasteiger charge is -2.32. The number of carbonyl (C=O) groups is 2. The Hall–Kier alpha value is -3.07. The first-order valence-electron chi connectivity index (χ1n) is 14.4. The molecule has 3 rings (SSSR count). The summed E-state index contributed by atoms with van der Waals surface area (Å²) in [6, 6.07) is 19.5. The zero-order chi connectivity index (χ0) is 31.7. The normalized spacial score (nSPS) is 12.2. The Bertz CT molecular complexity index is 1490. The predicted octanol–water partition coefficient (Wildman–Crippen LogP) is 6.57. The van der Waals surface area contributed by atoms with Crippen molar-refractivity contribution in [2.45, 2.75) is 59.5 Å². The number of benzene rings is 3. The minimum atomic E-state index is -3.60. The molecule has 1 unspecified atom stereocenters. The van der Waals surface area contributed by atoms with Gasteiger partial charge < -0.3 is 10.2 Å². The molecule has 0 heterocycles. The van der Waals surface area contributed by atoms with Gasteiger partial charge in [-0.1, -0.05) is 79.5 Å². The lowest BCUT2D eigenvalue weighted by molar-refractivity contribution is -0.141. The molecule has 10 heteroatoms. The second-order valence-corrected chi connectivity index (χ2v) is 14.1. The van der Waals surface area contributed by atoms with E-state index in [0.29, 0.717) is 28.7 Å². The summed E-state index contributed by atoms with van der Waals surface area (Å²) < 4.78 is 26.8. The summed E-state index contributed by atoms with van der Waals surface area (Å²) in [4.78, 5) is 29.2. The monoisotopic (exact) mass is 645 g/mol. The summed E-state index contributed by atoms with van der Waals surface area (Å²) in [5, 5.41) is 3.75. The van der Waals surface area contributed by atoms with Crippen LogP contribution in [0.5, 0.6) is 0 Å². The van der Waals surface area contributed by atoms with Crippen LogP contribution in [0.2, 0.25) is 10.0 Å². The number of rotatable bonds is 14. The summed E-state index contributed by atoms with van der Waals surface area (Å²) in [5.74, 6) is -0.285. The molecule has 232 valence electrons. The molecule has 0 aliphatic heterocycles. The zero-order valence-electron chi connectivity index (χ0n) is 25.4. The van der Waals surface area contributed by atoms with E-state index >= 15 is 0 Å². The first kappa shape index (κ1) is 34.4. The van der Waals surface area contributed by atoms with Gasteiger partial charge in [0.15, 0.2) is 0 Å². The molecule has 1 atom stereocenters. The Kier molecular flexibility index (Phi) is 12.5. The van der Waals surface area contributed by atoms with Gasteiger partial charge in [0.2, 0.25) is 21.8 Å². The molecule has 43 heavy (non-hydrogen) atoms. The minimum absolute atomic E-state index is 0.0425. The van der Waals surface area contributed by atoms with E-state index in [1.54, 1.807) is 23.1 Å². The lowest BCUT2D eigenvalue weighted by Crippen LogP contribution is -2.51. The Morgan fingerprint density at radius 1 is 0.884 bits per heavy atom. The molecular formula is C33H41Cl2N3O4S. The van der Waals surface area contributed by atoms with Crippen LogP contribution in [0, 0.1) is 19.8 Å². The summed E-state index contributed by atoms with van der Waals surface area (Å²) in [6.45, 7) is 8.57. The molecule has 1 N–H and O–H groups in total. The molecular weight excluding hydrogens is 605 g/mol. The van der Waals surface area contributed by atoms with E-state index in [0.717, 1.165) is 28.5 Å². The number of hydrogen-bond donors (Lipinski definition) is 1. The summed E-state index contributed by atoms with van der Waals surface area (Å²) >= 11 is 12.4. The van der Waals surface area contributed by atoms with Crippen LogP contribution in [-0.2, 0) is 32.6 Å². The zero-order valence-corrected chi connectivity index (χ0v) is 27.8. The van der Waals surface area contributed by atoms with E-state index in [1.165, 1.54) is 4.31 Å². The van der Waals surface area contributed by atoms with Gasteiger partial charge in [0.1, 0.15) is 6.04 Å². The number of sulfonamides is 1. The van der Waals surface area contributed by atoms with Gasteiger partial charge in [-0.3, -0.25) is 13.9 Å². The van der Waals surface area contributed by atoms with Gasteiger partial charge in [0.25, 0.3) is 0 Å². The van der Waals surface area contributed by atoms with Gasteiger partial charge in [-0.25, -0.2) is 8.42 Å². The number of nitrogens with one attached hydrogen (secondary N) is 1. The van der Waals surface area contributed by atoms with E-state index in [9.17, 15) is 18.0 Å². The highest BCUT2D eigenvalue weighted by Crippen LogP contribution is 2.26. The third-order valence-electron chi connectivity index (χ3n) is 6.94. The van der Waals surface area contributed by atoms with Crippen LogP contribution < -0.4 is 9.62 Å². The summed E-state index contributed by atoms with van der Waals surface area (Å²) in [5.41, 5.74) is 4.10. The number of hydrogen-bond acceptors (Lipinski definition) is 4. The number of carbonyl (C=O) groups excluding carboxylic acids is 2. The molecule has 0 aromatic heterocycles. The van der Waals surface area contributed by atoms with E-state index < -0.39 is 16.1 Å². The first-order chi connectivity index (χ1) is 20.2. The van der Waals surface area contributed by atoms with Crippen LogP contribution >= 0.6 is 23.2 Å². The van der Waals surface area contributed by atoms with Crippen molar-refractivity contribution in [2.75, 3.05) is 23.7 Å². The molecule has 0 aliphatic carbocycles. The fourth-order valence-corrected chi connectivity index (χ4v) is 6.18. The third kappa shape index (κ3) is 10.6. The predicted molar refractivity (Wildman–Crippen MR) is 176 cm³/mol. The fourth-order valence-electron chi connectivity index (χ4n) is 4.91. The highest BCUT2D eigenvalue weighted by atomic mass is 35.5. The van der Waals surface area contributed by atoms with E-state index in [-0.39, 0.29) is 43.7 Å². The maximum absolute atomic E-state index is 14.0. The van der Waals surface area contributed by atoms with Crippen LogP contribution in [0.1, 0.15) is 48.9 Å². The largest absolute Gasteiger partial charge is 0.354 e. The molecule has 0 aliphatic rings. The maximum Gasteiger partial charge on any atom is 0.243 e. The van der Waals surface area contributed by atoms with Crippen molar-refractivity contribution in [3.63, 3.8) is 0 Å². The number of amides is 2. The Morgan fingerprint density at radius 2 is 1.53 bits per heavy atom. The van der Waals surface area contributed by atoms with Crippen molar-refractivity contribution in [1.29, 1.82) is 0 Å². The second-order valence-electron chi connectivity index (χ2n) is 11.4. The smallest absolute Gasteiger partial charge is 0.243 e. The van der Waals surface area contributed by atoms with Crippen LogP contribution in [0.15, 0.2) is 66.7 Å². The first-order valence-corrected chi connectivity index (χ1v) is 17.0. The lowest BCUT2D eigenvalue weighted by atomic mass is 10.0. The highest BCUT2D eigenvalue weighted by molar-refractivity contribution is 7.92.